The Bertz CT molecular complexity index is 357. The van der Waals surface area contributed by atoms with Gasteiger partial charge in [-0.2, -0.15) is 0 Å². The summed E-state index contributed by atoms with van der Waals surface area (Å²) < 4.78 is 5.65. The lowest BCUT2D eigenvalue weighted by atomic mass is 10.2. The molecule has 3 nitrogen and oxygen atoms in total. The van der Waals surface area contributed by atoms with E-state index in [2.05, 4.69) is 37.0 Å². The largest absolute Gasteiger partial charge is 0.490 e. The molecule has 1 aromatic rings. The van der Waals surface area contributed by atoms with Crippen molar-refractivity contribution in [3.8, 4) is 0 Å². The van der Waals surface area contributed by atoms with Crippen LogP contribution in [0.2, 0.25) is 0 Å². The van der Waals surface area contributed by atoms with Gasteiger partial charge in [-0.1, -0.05) is 0 Å². The Balaban J connectivity index is 2.25. The van der Waals surface area contributed by atoms with E-state index in [1.165, 1.54) is 4.88 Å². The topological polar surface area (TPSA) is 25.4 Å². The van der Waals surface area contributed by atoms with Gasteiger partial charge in [0.2, 0.25) is 0 Å². The van der Waals surface area contributed by atoms with E-state index in [4.69, 9.17) is 4.74 Å². The van der Waals surface area contributed by atoms with Crippen LogP contribution in [-0.2, 0) is 11.3 Å². The van der Waals surface area contributed by atoms with Gasteiger partial charge in [0.05, 0.1) is 22.1 Å². The van der Waals surface area contributed by atoms with Crippen LogP contribution < -0.4 is 0 Å². The minimum Gasteiger partial charge on any atom is -0.490 e. The highest BCUT2D eigenvalue weighted by Gasteiger charge is 2.19. The maximum absolute atomic E-state index is 5.65. The summed E-state index contributed by atoms with van der Waals surface area (Å²) in [5, 5.41) is 0. The molecule has 1 atom stereocenters. The number of likely N-dealkylation sites (N-methyl/N-ethyl adjacent to an activating group) is 1. The highest BCUT2D eigenvalue weighted by molar-refractivity contribution is 7.10. The van der Waals surface area contributed by atoms with Crippen molar-refractivity contribution in [3.05, 3.63) is 21.8 Å². The molecule has 2 heterocycles. The fourth-order valence-electron chi connectivity index (χ4n) is 1.32. The quantitative estimate of drug-likeness (QED) is 0.746. The van der Waals surface area contributed by atoms with Gasteiger partial charge in [0, 0.05) is 0 Å². The summed E-state index contributed by atoms with van der Waals surface area (Å²) in [5.74, 6) is 1.03. The average molecular weight is 210 g/mol. The third-order valence-corrected chi connectivity index (χ3v) is 3.33. The third kappa shape index (κ3) is 1.67. The number of rotatable bonds is 2. The summed E-state index contributed by atoms with van der Waals surface area (Å²) in [6.07, 6.45) is 2.10. The molecule has 1 aromatic heterocycles. The van der Waals surface area contributed by atoms with Crippen molar-refractivity contribution in [1.82, 2.24) is 9.88 Å². The lowest BCUT2D eigenvalue weighted by Gasteiger charge is -2.25. The van der Waals surface area contributed by atoms with Crippen molar-refractivity contribution >= 4 is 17.4 Å². The molecule has 0 saturated carbocycles. The first-order valence-corrected chi connectivity index (χ1v) is 5.49. The normalized spacial score (nSPS) is 17.3. The monoisotopic (exact) mass is 210 g/mol. The van der Waals surface area contributed by atoms with Crippen LogP contribution in [0.5, 0.6) is 0 Å². The van der Waals surface area contributed by atoms with Gasteiger partial charge in [0.15, 0.2) is 0 Å². The summed E-state index contributed by atoms with van der Waals surface area (Å²) in [4.78, 5) is 7.60. The molecular weight excluding hydrogens is 196 g/mol. The smallest absolute Gasteiger partial charge is 0.131 e. The SMILES string of the molecule is CC(C1=Cc2scnc2CO1)N(C)C. The van der Waals surface area contributed by atoms with Crippen LogP contribution in [0, 0.1) is 0 Å². The molecule has 1 unspecified atom stereocenters. The molecule has 0 N–H and O–H groups in total. The fourth-order valence-corrected chi connectivity index (χ4v) is 2.05. The number of hydrogen-bond acceptors (Lipinski definition) is 4. The van der Waals surface area contributed by atoms with Gasteiger partial charge >= 0.3 is 0 Å². The fraction of sp³-hybridized carbons (Fsp3) is 0.500. The van der Waals surface area contributed by atoms with Gasteiger partial charge in [-0.05, 0) is 27.1 Å². The minimum atomic E-state index is 0.324. The number of fused-ring (bicyclic) bond motifs is 1. The number of nitrogens with zero attached hydrogens (tertiary/aromatic N) is 2. The van der Waals surface area contributed by atoms with E-state index in [9.17, 15) is 0 Å². The number of hydrogen-bond donors (Lipinski definition) is 0. The summed E-state index contributed by atoms with van der Waals surface area (Å²) in [7, 11) is 4.11. The van der Waals surface area contributed by atoms with Gasteiger partial charge in [-0.3, -0.25) is 4.90 Å². The minimum absolute atomic E-state index is 0.324. The van der Waals surface area contributed by atoms with Crippen LogP contribution >= 0.6 is 11.3 Å². The maximum Gasteiger partial charge on any atom is 0.131 e. The van der Waals surface area contributed by atoms with E-state index in [1.54, 1.807) is 11.3 Å². The number of ether oxygens (including phenoxy) is 1. The van der Waals surface area contributed by atoms with Gasteiger partial charge in [-0.25, -0.2) is 4.98 Å². The Hall–Kier alpha value is -0.870. The molecule has 1 aliphatic rings. The lowest BCUT2D eigenvalue weighted by molar-refractivity contribution is 0.144. The molecule has 76 valence electrons. The predicted octanol–water partition coefficient (Wildman–Crippen LogP) is 1.96. The van der Waals surface area contributed by atoms with Gasteiger partial charge in [-0.15, -0.1) is 11.3 Å². The molecule has 0 saturated heterocycles. The van der Waals surface area contributed by atoms with Crippen LogP contribution in [0.1, 0.15) is 17.5 Å². The van der Waals surface area contributed by atoms with Crippen LogP contribution in [0.25, 0.3) is 6.08 Å². The second-order valence-electron chi connectivity index (χ2n) is 3.64. The van der Waals surface area contributed by atoms with Gasteiger partial charge in [0.1, 0.15) is 12.4 Å². The first kappa shape index (κ1) is 9.68. The van der Waals surface area contributed by atoms with Crippen LogP contribution in [-0.4, -0.2) is 30.0 Å². The Labute approximate surface area is 88.0 Å². The molecule has 2 rings (SSSR count). The second-order valence-corrected chi connectivity index (χ2v) is 4.52. The number of aromatic nitrogens is 1. The van der Waals surface area contributed by atoms with Crippen molar-refractivity contribution < 1.29 is 4.74 Å². The molecular formula is C10H14N2OS. The van der Waals surface area contributed by atoms with Gasteiger partial charge < -0.3 is 4.74 Å². The van der Waals surface area contributed by atoms with E-state index >= 15 is 0 Å². The van der Waals surface area contributed by atoms with E-state index in [1.807, 2.05) is 5.51 Å². The number of thiazole rings is 1. The second kappa shape index (κ2) is 3.71. The summed E-state index contributed by atoms with van der Waals surface area (Å²) in [6.45, 7) is 2.75. The summed E-state index contributed by atoms with van der Waals surface area (Å²) >= 11 is 1.67. The van der Waals surface area contributed by atoms with E-state index in [0.717, 1.165) is 11.5 Å². The molecule has 0 bridgehead atoms. The molecule has 0 amide bonds. The van der Waals surface area contributed by atoms with Gasteiger partial charge in [0.25, 0.3) is 0 Å². The average Bonchev–Trinajstić information content (AvgIpc) is 2.62. The van der Waals surface area contributed by atoms with E-state index in [-0.39, 0.29) is 0 Å². The molecule has 14 heavy (non-hydrogen) atoms. The Morgan fingerprint density at radius 2 is 2.36 bits per heavy atom. The molecule has 1 aliphatic heterocycles. The van der Waals surface area contributed by atoms with Crippen molar-refractivity contribution in [2.45, 2.75) is 19.6 Å². The zero-order valence-corrected chi connectivity index (χ0v) is 9.47. The molecule has 0 aliphatic carbocycles. The molecule has 0 aromatic carbocycles. The highest BCUT2D eigenvalue weighted by atomic mass is 32.1. The summed E-state index contributed by atoms with van der Waals surface area (Å²) in [5.41, 5.74) is 2.93. The van der Waals surface area contributed by atoms with Crippen molar-refractivity contribution in [1.29, 1.82) is 0 Å². The zero-order valence-electron chi connectivity index (χ0n) is 8.65. The van der Waals surface area contributed by atoms with Crippen molar-refractivity contribution in [2.75, 3.05) is 14.1 Å². The molecule has 0 spiro atoms. The Morgan fingerprint density at radius 1 is 1.57 bits per heavy atom. The molecule has 0 radical (unpaired) electrons. The van der Waals surface area contributed by atoms with Crippen LogP contribution in [0.15, 0.2) is 11.3 Å². The Morgan fingerprint density at radius 3 is 3.07 bits per heavy atom. The van der Waals surface area contributed by atoms with Crippen LogP contribution in [0.3, 0.4) is 0 Å². The standard InChI is InChI=1S/C10H14N2OS/c1-7(12(2)3)9-4-10-8(5-13-9)11-6-14-10/h4,6-7H,5H2,1-3H3. The van der Waals surface area contributed by atoms with Crippen molar-refractivity contribution in [3.63, 3.8) is 0 Å². The Kier molecular flexibility index (Phi) is 2.56. The first-order chi connectivity index (χ1) is 6.68. The first-order valence-electron chi connectivity index (χ1n) is 4.61. The predicted molar refractivity (Wildman–Crippen MR) is 58.0 cm³/mol. The van der Waals surface area contributed by atoms with E-state index in [0.29, 0.717) is 12.6 Å². The lowest BCUT2D eigenvalue weighted by Crippen LogP contribution is -2.28. The molecule has 4 heteroatoms. The zero-order chi connectivity index (χ0) is 10.1. The maximum atomic E-state index is 5.65. The van der Waals surface area contributed by atoms with Crippen LogP contribution in [0.4, 0.5) is 0 Å². The molecule has 0 fully saturated rings. The summed E-state index contributed by atoms with van der Waals surface area (Å²) in [6, 6.07) is 0.324. The van der Waals surface area contributed by atoms with Crippen molar-refractivity contribution in [2.24, 2.45) is 0 Å². The highest BCUT2D eigenvalue weighted by Crippen LogP contribution is 2.26. The van der Waals surface area contributed by atoms with E-state index < -0.39 is 0 Å². The third-order valence-electron chi connectivity index (χ3n) is 2.51.